The van der Waals surface area contributed by atoms with Gasteiger partial charge in [-0.3, -0.25) is 4.79 Å². The minimum absolute atomic E-state index is 0.254. The average molecular weight is 225 g/mol. The molecule has 5 nitrogen and oxygen atoms in total. The first-order valence-corrected chi connectivity index (χ1v) is 4.92. The molecule has 1 atom stereocenters. The number of hydrogen-bond acceptors (Lipinski definition) is 4. The molecule has 1 aliphatic rings. The zero-order chi connectivity index (χ0) is 12.5. The van der Waals surface area contributed by atoms with Crippen molar-refractivity contribution in [2.24, 2.45) is 0 Å². The van der Waals surface area contributed by atoms with Crippen LogP contribution in [-0.2, 0) is 9.59 Å². The van der Waals surface area contributed by atoms with Gasteiger partial charge in [0.25, 0.3) is 0 Å². The summed E-state index contributed by atoms with van der Waals surface area (Å²) in [5.41, 5.74) is 1.26. The molecule has 5 heteroatoms. The average Bonchev–Trinajstić information content (AvgIpc) is 2.17. The van der Waals surface area contributed by atoms with Gasteiger partial charge in [0.1, 0.15) is 11.1 Å². The summed E-state index contributed by atoms with van der Waals surface area (Å²) in [6.07, 6.45) is 0.758. The van der Waals surface area contributed by atoms with E-state index in [1.165, 1.54) is 0 Å². The molecule has 1 aliphatic carbocycles. The summed E-state index contributed by atoms with van der Waals surface area (Å²) in [7, 11) is 0. The van der Waals surface area contributed by atoms with E-state index in [1.807, 2.05) is 5.48 Å². The minimum atomic E-state index is -1.35. The predicted molar refractivity (Wildman–Crippen MR) is 57.0 cm³/mol. The molecule has 88 valence electrons. The van der Waals surface area contributed by atoms with E-state index in [-0.39, 0.29) is 5.57 Å². The topological polar surface area (TPSA) is 86.6 Å². The van der Waals surface area contributed by atoms with Crippen LogP contribution in [0.15, 0.2) is 23.3 Å². The van der Waals surface area contributed by atoms with E-state index in [4.69, 9.17) is 10.3 Å². The maximum atomic E-state index is 12.0. The molecule has 0 heterocycles. The summed E-state index contributed by atoms with van der Waals surface area (Å²) in [5.74, 6) is -1.89. The van der Waals surface area contributed by atoms with E-state index >= 15 is 0 Å². The quantitative estimate of drug-likeness (QED) is 0.379. The van der Waals surface area contributed by atoms with Gasteiger partial charge in [-0.2, -0.15) is 5.48 Å². The van der Waals surface area contributed by atoms with Gasteiger partial charge in [0.15, 0.2) is 5.78 Å². The maximum absolute atomic E-state index is 12.0. The lowest BCUT2D eigenvalue weighted by molar-refractivity contribution is -0.137. The number of nitrogens with one attached hydrogen (secondary N) is 1. The summed E-state index contributed by atoms with van der Waals surface area (Å²) in [5, 5.41) is 18.1. The summed E-state index contributed by atoms with van der Waals surface area (Å²) < 4.78 is 0. The highest BCUT2D eigenvalue weighted by Gasteiger charge is 2.45. The molecule has 16 heavy (non-hydrogen) atoms. The standard InChI is InChI=1S/C11H15NO4/c1-6(2)11(12-16)5-4-7(3)8(9(11)13)10(14)15/h12,16H,1,4-5H2,2-3H3,(H,14,15)/t11-/m1/s1. The third-order valence-electron chi connectivity index (χ3n) is 3.05. The second kappa shape index (κ2) is 4.19. The van der Waals surface area contributed by atoms with Crippen molar-refractivity contribution in [3.8, 4) is 0 Å². The molecule has 0 aromatic rings. The summed E-state index contributed by atoms with van der Waals surface area (Å²) in [6, 6.07) is 0. The zero-order valence-electron chi connectivity index (χ0n) is 9.33. The summed E-state index contributed by atoms with van der Waals surface area (Å²) in [4.78, 5) is 23.0. The number of carbonyl (C=O) groups is 2. The van der Waals surface area contributed by atoms with Crippen LogP contribution < -0.4 is 5.48 Å². The van der Waals surface area contributed by atoms with Crippen molar-refractivity contribution in [1.82, 2.24) is 5.48 Å². The van der Waals surface area contributed by atoms with E-state index < -0.39 is 17.3 Å². The number of carboxylic acids is 1. The Hall–Kier alpha value is -1.46. The molecule has 0 radical (unpaired) electrons. The number of hydroxylamine groups is 1. The first-order valence-electron chi connectivity index (χ1n) is 4.92. The van der Waals surface area contributed by atoms with Gasteiger partial charge in [0.05, 0.1) is 0 Å². The molecular formula is C11H15NO4. The van der Waals surface area contributed by atoms with Crippen molar-refractivity contribution < 1.29 is 19.9 Å². The van der Waals surface area contributed by atoms with Crippen LogP contribution in [0.2, 0.25) is 0 Å². The van der Waals surface area contributed by atoms with Crippen molar-refractivity contribution in [1.29, 1.82) is 0 Å². The summed E-state index contributed by atoms with van der Waals surface area (Å²) in [6.45, 7) is 6.83. The van der Waals surface area contributed by atoms with Gasteiger partial charge >= 0.3 is 5.97 Å². The van der Waals surface area contributed by atoms with Crippen molar-refractivity contribution in [3.05, 3.63) is 23.3 Å². The van der Waals surface area contributed by atoms with Gasteiger partial charge in [-0.25, -0.2) is 4.79 Å². The molecule has 0 saturated heterocycles. The van der Waals surface area contributed by atoms with Gasteiger partial charge in [-0.1, -0.05) is 17.7 Å². The summed E-state index contributed by atoms with van der Waals surface area (Å²) >= 11 is 0. The molecule has 0 bridgehead atoms. The second-order valence-electron chi connectivity index (χ2n) is 4.09. The monoisotopic (exact) mass is 225 g/mol. The molecule has 3 N–H and O–H groups in total. The number of rotatable bonds is 3. The Morgan fingerprint density at radius 1 is 1.56 bits per heavy atom. The number of aliphatic carboxylic acids is 1. The fourth-order valence-corrected chi connectivity index (χ4v) is 1.91. The first-order chi connectivity index (χ1) is 7.36. The van der Waals surface area contributed by atoms with Crippen LogP contribution in [0.25, 0.3) is 0 Å². The van der Waals surface area contributed by atoms with Crippen LogP contribution in [0, 0.1) is 0 Å². The van der Waals surface area contributed by atoms with Crippen LogP contribution in [-0.4, -0.2) is 27.6 Å². The largest absolute Gasteiger partial charge is 0.478 e. The Balaban J connectivity index is 3.30. The Kier molecular flexibility index (Phi) is 3.30. The van der Waals surface area contributed by atoms with Gasteiger partial charge in [-0.15, -0.1) is 0 Å². The van der Waals surface area contributed by atoms with E-state index in [9.17, 15) is 9.59 Å². The highest BCUT2D eigenvalue weighted by atomic mass is 16.5. The fourth-order valence-electron chi connectivity index (χ4n) is 1.91. The van der Waals surface area contributed by atoms with Gasteiger partial charge in [0, 0.05) is 0 Å². The van der Waals surface area contributed by atoms with Crippen molar-refractivity contribution >= 4 is 11.8 Å². The molecule has 0 aliphatic heterocycles. The Morgan fingerprint density at radius 3 is 2.50 bits per heavy atom. The second-order valence-corrected chi connectivity index (χ2v) is 4.09. The van der Waals surface area contributed by atoms with Crippen molar-refractivity contribution in [3.63, 3.8) is 0 Å². The number of carboxylic acid groups (broad SMARTS) is 1. The zero-order valence-corrected chi connectivity index (χ0v) is 9.33. The molecule has 0 unspecified atom stereocenters. The fraction of sp³-hybridized carbons (Fsp3) is 0.455. The van der Waals surface area contributed by atoms with Gasteiger partial charge < -0.3 is 10.3 Å². The van der Waals surface area contributed by atoms with Crippen LogP contribution in [0.3, 0.4) is 0 Å². The predicted octanol–water partition coefficient (Wildman–Crippen LogP) is 1.04. The lowest BCUT2D eigenvalue weighted by atomic mass is 9.74. The lowest BCUT2D eigenvalue weighted by Crippen LogP contribution is -2.54. The van der Waals surface area contributed by atoms with Crippen molar-refractivity contribution in [2.75, 3.05) is 0 Å². The molecule has 0 aromatic carbocycles. The number of hydrogen-bond donors (Lipinski definition) is 3. The highest BCUT2D eigenvalue weighted by Crippen LogP contribution is 2.33. The Morgan fingerprint density at radius 2 is 2.12 bits per heavy atom. The number of Topliss-reactive ketones (excluding diaryl/α,β-unsaturated/α-hetero) is 1. The van der Waals surface area contributed by atoms with E-state index in [0.717, 1.165) is 0 Å². The molecule has 0 saturated carbocycles. The molecule has 0 fully saturated rings. The Labute approximate surface area is 93.4 Å². The van der Waals surface area contributed by atoms with Gasteiger partial charge in [-0.05, 0) is 26.7 Å². The smallest absolute Gasteiger partial charge is 0.339 e. The number of allylic oxidation sites excluding steroid dienone is 1. The third kappa shape index (κ3) is 1.68. The molecule has 0 aromatic heterocycles. The molecule has 0 spiro atoms. The molecule has 1 rings (SSSR count). The number of ketones is 1. The van der Waals surface area contributed by atoms with E-state index in [2.05, 4.69) is 6.58 Å². The third-order valence-corrected chi connectivity index (χ3v) is 3.05. The van der Waals surface area contributed by atoms with Crippen LogP contribution in [0.4, 0.5) is 0 Å². The normalized spacial score (nSPS) is 25.8. The number of carbonyl (C=O) groups excluding carboxylic acids is 1. The van der Waals surface area contributed by atoms with E-state index in [1.54, 1.807) is 13.8 Å². The minimum Gasteiger partial charge on any atom is -0.478 e. The van der Waals surface area contributed by atoms with Crippen LogP contribution in [0.1, 0.15) is 26.7 Å². The Bertz CT molecular complexity index is 397. The SMILES string of the molecule is C=C(C)[C@]1(NO)CCC(C)=C(C(=O)O)C1=O. The maximum Gasteiger partial charge on any atom is 0.339 e. The first kappa shape index (κ1) is 12.6. The van der Waals surface area contributed by atoms with Crippen molar-refractivity contribution in [2.45, 2.75) is 32.2 Å². The molecule has 0 amide bonds. The lowest BCUT2D eigenvalue weighted by Gasteiger charge is -2.35. The van der Waals surface area contributed by atoms with E-state index in [0.29, 0.717) is 24.0 Å². The highest BCUT2D eigenvalue weighted by molar-refractivity contribution is 6.22. The van der Waals surface area contributed by atoms with Crippen LogP contribution >= 0.6 is 0 Å². The van der Waals surface area contributed by atoms with Crippen LogP contribution in [0.5, 0.6) is 0 Å². The van der Waals surface area contributed by atoms with Gasteiger partial charge in [0.2, 0.25) is 0 Å². The molecular weight excluding hydrogens is 210 g/mol.